The van der Waals surface area contributed by atoms with E-state index in [1.807, 2.05) is 36.7 Å². The van der Waals surface area contributed by atoms with Crippen LogP contribution in [0.15, 0.2) is 67.0 Å². The number of esters is 1. The first kappa shape index (κ1) is 20.3. The highest BCUT2D eigenvalue weighted by Crippen LogP contribution is 2.29. The van der Waals surface area contributed by atoms with Crippen LogP contribution in [0.25, 0.3) is 16.7 Å². The fraction of sp³-hybridized carbons (Fsp3) is 0.231. The third kappa shape index (κ3) is 3.74. The summed E-state index contributed by atoms with van der Waals surface area (Å²) in [4.78, 5) is 19.0. The molecule has 1 aromatic heterocycles. The van der Waals surface area contributed by atoms with Crippen molar-refractivity contribution in [1.82, 2.24) is 14.5 Å². The molecular weight excluding hydrogens is 402 g/mol. The minimum Gasteiger partial charge on any atom is -0.496 e. The van der Waals surface area contributed by atoms with Gasteiger partial charge >= 0.3 is 5.97 Å². The predicted molar refractivity (Wildman–Crippen MR) is 123 cm³/mol. The number of para-hydroxylation sites is 2. The van der Waals surface area contributed by atoms with Crippen LogP contribution in [0.4, 0.5) is 0 Å². The standard InChI is InChI=1S/C26H25N3O3/c1-31-25-14-20-16-28(11-10-19(20)13-22(25)26(30)32-2)15-18-6-5-7-21(12-18)29-17-27-23-8-3-4-9-24(23)29/h3-9,12-14,17H,10-11,15-16H2,1-2H3. The van der Waals surface area contributed by atoms with Crippen molar-refractivity contribution in [3.8, 4) is 11.4 Å². The molecule has 3 aromatic carbocycles. The number of ether oxygens (including phenoxy) is 2. The summed E-state index contributed by atoms with van der Waals surface area (Å²) in [5.74, 6) is 0.197. The van der Waals surface area contributed by atoms with Crippen molar-refractivity contribution in [2.75, 3.05) is 20.8 Å². The number of hydrogen-bond donors (Lipinski definition) is 0. The fourth-order valence-corrected chi connectivity index (χ4v) is 4.45. The summed E-state index contributed by atoms with van der Waals surface area (Å²) >= 11 is 0. The molecule has 1 aliphatic heterocycles. The second-order valence-electron chi connectivity index (χ2n) is 8.05. The van der Waals surface area contributed by atoms with E-state index < -0.39 is 0 Å². The Morgan fingerprint density at radius 1 is 1.03 bits per heavy atom. The number of imidazole rings is 1. The fourth-order valence-electron chi connectivity index (χ4n) is 4.45. The van der Waals surface area contributed by atoms with E-state index in [1.165, 1.54) is 23.8 Å². The Bertz CT molecular complexity index is 1290. The zero-order chi connectivity index (χ0) is 22.1. The number of carbonyl (C=O) groups is 1. The van der Waals surface area contributed by atoms with Crippen LogP contribution < -0.4 is 4.74 Å². The number of nitrogens with zero attached hydrogens (tertiary/aromatic N) is 3. The van der Waals surface area contributed by atoms with E-state index in [2.05, 4.69) is 44.8 Å². The SMILES string of the molecule is COC(=O)c1cc2c(cc1OC)CN(Cc1cccc(-n3cnc4ccccc43)c1)CC2. The van der Waals surface area contributed by atoms with E-state index in [0.717, 1.165) is 42.8 Å². The predicted octanol–water partition coefficient (Wildman–Crippen LogP) is 4.38. The van der Waals surface area contributed by atoms with Gasteiger partial charge in [-0.3, -0.25) is 9.47 Å². The van der Waals surface area contributed by atoms with Gasteiger partial charge in [-0.25, -0.2) is 9.78 Å². The van der Waals surface area contributed by atoms with Gasteiger partial charge in [0, 0.05) is 25.3 Å². The molecule has 32 heavy (non-hydrogen) atoms. The highest BCUT2D eigenvalue weighted by atomic mass is 16.5. The molecule has 4 aromatic rings. The lowest BCUT2D eigenvalue weighted by atomic mass is 9.96. The van der Waals surface area contributed by atoms with Crippen LogP contribution >= 0.6 is 0 Å². The average molecular weight is 428 g/mol. The number of methoxy groups -OCH3 is 2. The van der Waals surface area contributed by atoms with Crippen LogP contribution in [0.2, 0.25) is 0 Å². The molecule has 6 nitrogen and oxygen atoms in total. The van der Waals surface area contributed by atoms with Gasteiger partial charge in [-0.15, -0.1) is 0 Å². The summed E-state index contributed by atoms with van der Waals surface area (Å²) < 4.78 is 12.5. The zero-order valence-corrected chi connectivity index (χ0v) is 18.2. The Kier molecular flexibility index (Phi) is 5.37. The smallest absolute Gasteiger partial charge is 0.341 e. The minimum atomic E-state index is -0.365. The number of hydrogen-bond acceptors (Lipinski definition) is 5. The highest BCUT2D eigenvalue weighted by molar-refractivity contribution is 5.93. The van der Waals surface area contributed by atoms with Crippen LogP contribution in [-0.2, 0) is 24.2 Å². The molecule has 0 radical (unpaired) electrons. The molecule has 0 amide bonds. The largest absolute Gasteiger partial charge is 0.496 e. The lowest BCUT2D eigenvalue weighted by Gasteiger charge is -2.29. The second kappa shape index (κ2) is 8.48. The van der Waals surface area contributed by atoms with Gasteiger partial charge in [-0.2, -0.15) is 0 Å². The number of carbonyl (C=O) groups excluding carboxylic acids is 1. The summed E-state index contributed by atoms with van der Waals surface area (Å²) in [6.45, 7) is 2.59. The van der Waals surface area contributed by atoms with Crippen molar-refractivity contribution in [2.45, 2.75) is 19.5 Å². The molecule has 0 atom stereocenters. The van der Waals surface area contributed by atoms with Crippen molar-refractivity contribution >= 4 is 17.0 Å². The van der Waals surface area contributed by atoms with Crippen LogP contribution in [0.1, 0.15) is 27.0 Å². The van der Waals surface area contributed by atoms with E-state index in [0.29, 0.717) is 11.3 Å². The quantitative estimate of drug-likeness (QED) is 0.443. The molecule has 162 valence electrons. The Labute approximate surface area is 187 Å². The van der Waals surface area contributed by atoms with Gasteiger partial charge in [0.1, 0.15) is 17.6 Å². The molecule has 1 aliphatic rings. The minimum absolute atomic E-state index is 0.365. The van der Waals surface area contributed by atoms with E-state index >= 15 is 0 Å². The van der Waals surface area contributed by atoms with E-state index in [9.17, 15) is 4.79 Å². The summed E-state index contributed by atoms with van der Waals surface area (Å²) in [5.41, 5.74) is 7.32. The first-order valence-corrected chi connectivity index (χ1v) is 10.7. The Morgan fingerprint density at radius 3 is 2.75 bits per heavy atom. The maximum absolute atomic E-state index is 12.1. The first-order chi connectivity index (χ1) is 15.7. The van der Waals surface area contributed by atoms with E-state index in [-0.39, 0.29) is 5.97 Å². The molecule has 0 spiro atoms. The average Bonchev–Trinajstić information content (AvgIpc) is 3.27. The molecule has 0 N–H and O–H groups in total. The Hall–Kier alpha value is -3.64. The van der Waals surface area contributed by atoms with E-state index in [1.54, 1.807) is 7.11 Å². The lowest BCUT2D eigenvalue weighted by Crippen LogP contribution is -2.30. The zero-order valence-electron chi connectivity index (χ0n) is 18.2. The van der Waals surface area contributed by atoms with Crippen molar-refractivity contribution in [2.24, 2.45) is 0 Å². The van der Waals surface area contributed by atoms with Crippen LogP contribution in [0, 0.1) is 0 Å². The number of benzene rings is 3. The van der Waals surface area contributed by atoms with Gasteiger partial charge in [0.2, 0.25) is 0 Å². The Morgan fingerprint density at radius 2 is 1.91 bits per heavy atom. The summed E-state index contributed by atoms with van der Waals surface area (Å²) in [7, 11) is 2.98. The maximum Gasteiger partial charge on any atom is 0.341 e. The maximum atomic E-state index is 12.1. The third-order valence-corrected chi connectivity index (χ3v) is 6.07. The summed E-state index contributed by atoms with van der Waals surface area (Å²) in [5, 5.41) is 0. The molecule has 2 heterocycles. The molecule has 0 saturated carbocycles. The Balaban J connectivity index is 1.37. The van der Waals surface area contributed by atoms with Crippen molar-refractivity contribution in [3.63, 3.8) is 0 Å². The van der Waals surface area contributed by atoms with E-state index in [4.69, 9.17) is 9.47 Å². The van der Waals surface area contributed by atoms with Crippen molar-refractivity contribution in [3.05, 3.63) is 89.2 Å². The van der Waals surface area contributed by atoms with Crippen LogP contribution in [-0.4, -0.2) is 41.2 Å². The number of rotatable bonds is 5. The number of aromatic nitrogens is 2. The number of fused-ring (bicyclic) bond motifs is 2. The topological polar surface area (TPSA) is 56.6 Å². The van der Waals surface area contributed by atoms with Gasteiger partial charge < -0.3 is 9.47 Å². The molecule has 0 aliphatic carbocycles. The summed E-state index contributed by atoms with van der Waals surface area (Å²) in [6.07, 6.45) is 2.77. The highest BCUT2D eigenvalue weighted by Gasteiger charge is 2.22. The molecular formula is C26H25N3O3. The first-order valence-electron chi connectivity index (χ1n) is 10.7. The molecule has 0 bridgehead atoms. The van der Waals surface area contributed by atoms with Gasteiger partial charge in [0.05, 0.1) is 25.3 Å². The molecule has 6 heteroatoms. The monoisotopic (exact) mass is 427 g/mol. The third-order valence-electron chi connectivity index (χ3n) is 6.07. The van der Waals surface area contributed by atoms with Crippen LogP contribution in [0.3, 0.4) is 0 Å². The molecule has 0 saturated heterocycles. The molecule has 0 unspecified atom stereocenters. The van der Waals surface area contributed by atoms with Crippen LogP contribution in [0.5, 0.6) is 5.75 Å². The normalized spacial score (nSPS) is 13.7. The molecule has 5 rings (SSSR count). The lowest BCUT2D eigenvalue weighted by molar-refractivity contribution is 0.0596. The van der Waals surface area contributed by atoms with Gasteiger partial charge in [-0.1, -0.05) is 24.3 Å². The second-order valence-corrected chi connectivity index (χ2v) is 8.05. The molecule has 0 fully saturated rings. The van der Waals surface area contributed by atoms with Crippen molar-refractivity contribution < 1.29 is 14.3 Å². The van der Waals surface area contributed by atoms with Crippen molar-refractivity contribution in [1.29, 1.82) is 0 Å². The summed E-state index contributed by atoms with van der Waals surface area (Å²) in [6, 6.07) is 20.7. The van der Waals surface area contributed by atoms with Gasteiger partial charge in [0.25, 0.3) is 0 Å². The van der Waals surface area contributed by atoms with Gasteiger partial charge in [-0.05, 0) is 59.5 Å². The van der Waals surface area contributed by atoms with Gasteiger partial charge in [0.15, 0.2) is 0 Å².